The van der Waals surface area contributed by atoms with E-state index in [4.69, 9.17) is 15.5 Å². The highest BCUT2D eigenvalue weighted by Gasteiger charge is 2.57. The van der Waals surface area contributed by atoms with Crippen molar-refractivity contribution in [2.24, 2.45) is 0 Å². The van der Waals surface area contributed by atoms with E-state index in [0.29, 0.717) is 5.82 Å². The van der Waals surface area contributed by atoms with Gasteiger partial charge in [-0.1, -0.05) is 18.2 Å². The van der Waals surface area contributed by atoms with E-state index in [9.17, 15) is 9.90 Å². The quantitative estimate of drug-likeness (QED) is 0.390. The van der Waals surface area contributed by atoms with Crippen LogP contribution in [0, 0.1) is 0 Å². The lowest BCUT2D eigenvalue weighted by atomic mass is 9.83. The molecule has 0 aliphatic heterocycles. The van der Waals surface area contributed by atoms with Crippen LogP contribution in [0.3, 0.4) is 0 Å². The summed E-state index contributed by atoms with van der Waals surface area (Å²) < 4.78 is 7.98. The largest absolute Gasteiger partial charge is 0.465 e. The van der Waals surface area contributed by atoms with Crippen LogP contribution >= 0.6 is 0 Å². The highest BCUT2D eigenvalue weighted by atomic mass is 16.5. The highest BCUT2D eigenvalue weighted by molar-refractivity contribution is 5.85. The van der Waals surface area contributed by atoms with Gasteiger partial charge < -0.3 is 20.9 Å². The first-order valence-corrected chi connectivity index (χ1v) is 11.4. The fourth-order valence-corrected chi connectivity index (χ4v) is 5.85. The monoisotopic (exact) mass is 455 g/mol. The number of anilines is 1. The molecule has 2 bridgehead atoms. The zero-order valence-corrected chi connectivity index (χ0v) is 18.6. The van der Waals surface area contributed by atoms with Crippen molar-refractivity contribution >= 4 is 17.4 Å². The van der Waals surface area contributed by atoms with Crippen LogP contribution in [0.5, 0.6) is 11.5 Å². The van der Waals surface area contributed by atoms with Crippen LogP contribution in [-0.4, -0.2) is 31.1 Å². The predicted octanol–water partition coefficient (Wildman–Crippen LogP) is 4.99. The van der Waals surface area contributed by atoms with E-state index in [1.807, 2.05) is 65.2 Å². The third-order valence-electron chi connectivity index (χ3n) is 7.38. The lowest BCUT2D eigenvalue weighted by Gasteiger charge is -2.27. The normalized spacial score (nSPS) is 23.3. The number of nitrogen functional groups attached to an aromatic ring is 1. The molecule has 2 aromatic heterocycles. The molecular weight excluding hydrogens is 430 g/mol. The highest BCUT2D eigenvalue weighted by Crippen LogP contribution is 2.57. The Hall–Kier alpha value is -4.07. The molecule has 2 heterocycles. The Morgan fingerprint density at radius 1 is 1.03 bits per heavy atom. The number of hydrogen-bond donors (Lipinski definition) is 3. The summed E-state index contributed by atoms with van der Waals surface area (Å²) in [5.41, 5.74) is 8.26. The molecule has 2 aliphatic rings. The zero-order valence-electron chi connectivity index (χ0n) is 18.6. The number of imidazole rings is 1. The topological polar surface area (TPSA) is 115 Å². The smallest absolute Gasteiger partial charge is 0.405 e. The minimum Gasteiger partial charge on any atom is -0.465 e. The fourth-order valence-electron chi connectivity index (χ4n) is 5.85. The van der Waals surface area contributed by atoms with Gasteiger partial charge in [0.1, 0.15) is 34.4 Å². The van der Waals surface area contributed by atoms with E-state index in [1.54, 1.807) is 6.20 Å². The molecular formula is C26H25N5O3. The number of ether oxygens (including phenoxy) is 1. The number of amides is 1. The van der Waals surface area contributed by atoms with Crippen LogP contribution in [0.4, 0.5) is 10.6 Å². The van der Waals surface area contributed by atoms with Crippen LogP contribution in [0.1, 0.15) is 37.9 Å². The summed E-state index contributed by atoms with van der Waals surface area (Å²) in [6.45, 7) is 0. The Bertz CT molecular complexity index is 1370. The van der Waals surface area contributed by atoms with Gasteiger partial charge in [-0.25, -0.2) is 14.8 Å². The third kappa shape index (κ3) is 3.25. The summed E-state index contributed by atoms with van der Waals surface area (Å²) in [5.74, 6) is 2.86. The minimum atomic E-state index is -0.961. The molecule has 2 aromatic carbocycles. The summed E-state index contributed by atoms with van der Waals surface area (Å²) in [5, 5.41) is 12.1. The Morgan fingerprint density at radius 3 is 2.44 bits per heavy atom. The first kappa shape index (κ1) is 20.5. The van der Waals surface area contributed by atoms with Crippen LogP contribution in [0.25, 0.3) is 16.8 Å². The SMILES string of the molecule is Nc1nccn2c(C34CCC(NC(=O)O)(CC3)C4)nc(-c3ccc(Oc4ccccc4)cc3)c12. The maximum Gasteiger partial charge on any atom is 0.405 e. The maximum absolute atomic E-state index is 11.4. The summed E-state index contributed by atoms with van der Waals surface area (Å²) in [6.07, 6.45) is 6.79. The summed E-state index contributed by atoms with van der Waals surface area (Å²) in [6, 6.07) is 17.5. The molecule has 0 spiro atoms. The van der Waals surface area contributed by atoms with Crippen molar-refractivity contribution in [3.63, 3.8) is 0 Å². The molecule has 8 heteroatoms. The molecule has 4 aromatic rings. The Labute approximate surface area is 196 Å². The number of nitrogens with two attached hydrogens (primary N) is 1. The average Bonchev–Trinajstić information content (AvgIpc) is 3.51. The van der Waals surface area contributed by atoms with Gasteiger partial charge in [-0.3, -0.25) is 4.40 Å². The number of carbonyl (C=O) groups is 1. The van der Waals surface area contributed by atoms with Crippen LogP contribution in [-0.2, 0) is 5.41 Å². The molecule has 0 atom stereocenters. The van der Waals surface area contributed by atoms with Crippen molar-refractivity contribution in [2.45, 2.75) is 43.1 Å². The van der Waals surface area contributed by atoms with Gasteiger partial charge >= 0.3 is 6.09 Å². The number of carboxylic acid groups (broad SMARTS) is 1. The van der Waals surface area contributed by atoms with Gasteiger partial charge in [0.05, 0.1) is 0 Å². The van der Waals surface area contributed by atoms with Crippen molar-refractivity contribution in [3.8, 4) is 22.8 Å². The van der Waals surface area contributed by atoms with Crippen LogP contribution in [0.15, 0.2) is 67.0 Å². The van der Waals surface area contributed by atoms with Gasteiger partial charge in [-0.2, -0.15) is 0 Å². The lowest BCUT2D eigenvalue weighted by molar-refractivity contribution is 0.177. The van der Waals surface area contributed by atoms with Crippen molar-refractivity contribution in [1.82, 2.24) is 19.7 Å². The van der Waals surface area contributed by atoms with Crippen molar-refractivity contribution in [1.29, 1.82) is 0 Å². The molecule has 0 radical (unpaired) electrons. The van der Waals surface area contributed by atoms with E-state index in [1.165, 1.54) is 0 Å². The molecule has 2 aliphatic carbocycles. The van der Waals surface area contributed by atoms with Gasteiger partial charge in [-0.05, 0) is 68.5 Å². The predicted molar refractivity (Wildman–Crippen MR) is 128 cm³/mol. The van der Waals surface area contributed by atoms with Crippen LogP contribution in [0.2, 0.25) is 0 Å². The first-order valence-electron chi connectivity index (χ1n) is 11.4. The molecule has 2 fully saturated rings. The second kappa shape index (κ2) is 7.48. The van der Waals surface area contributed by atoms with E-state index >= 15 is 0 Å². The van der Waals surface area contributed by atoms with E-state index in [2.05, 4.69) is 10.3 Å². The Balaban J connectivity index is 1.39. The van der Waals surface area contributed by atoms with Gasteiger partial charge in [0.15, 0.2) is 0 Å². The first-order chi connectivity index (χ1) is 16.5. The standard InChI is InChI=1S/C26H25N5O3/c27-22-21-20(17-6-8-19(9-7-17)34-18-4-2-1-3-5-18)29-23(31(21)15-14-28-22)25-10-12-26(16-25,13-11-25)30-24(32)33/h1-9,14-15,30H,10-13,16H2,(H2,27,28)(H,32,33). The Kier molecular flexibility index (Phi) is 4.52. The van der Waals surface area contributed by atoms with E-state index < -0.39 is 6.09 Å². The van der Waals surface area contributed by atoms with Crippen molar-refractivity contribution in [3.05, 3.63) is 72.8 Å². The zero-order chi connectivity index (χ0) is 23.3. The van der Waals surface area contributed by atoms with E-state index in [0.717, 1.165) is 66.2 Å². The molecule has 8 nitrogen and oxygen atoms in total. The lowest BCUT2D eigenvalue weighted by Crippen LogP contribution is -2.44. The average molecular weight is 456 g/mol. The van der Waals surface area contributed by atoms with Gasteiger partial charge in [-0.15, -0.1) is 0 Å². The fraction of sp³-hybridized carbons (Fsp3) is 0.269. The number of rotatable bonds is 5. The molecule has 172 valence electrons. The second-order valence-electron chi connectivity index (χ2n) is 9.42. The molecule has 1 amide bonds. The number of hydrogen-bond acceptors (Lipinski definition) is 5. The number of para-hydroxylation sites is 1. The minimum absolute atomic E-state index is 0.187. The summed E-state index contributed by atoms with van der Waals surface area (Å²) in [7, 11) is 0. The van der Waals surface area contributed by atoms with Gasteiger partial charge in [0.25, 0.3) is 0 Å². The Morgan fingerprint density at radius 2 is 1.74 bits per heavy atom. The number of fused-ring (bicyclic) bond motifs is 3. The molecule has 2 saturated carbocycles. The second-order valence-corrected chi connectivity index (χ2v) is 9.42. The van der Waals surface area contributed by atoms with Gasteiger partial charge in [0, 0.05) is 28.9 Å². The molecule has 34 heavy (non-hydrogen) atoms. The van der Waals surface area contributed by atoms with Crippen LogP contribution < -0.4 is 15.8 Å². The third-order valence-corrected chi connectivity index (χ3v) is 7.38. The summed E-state index contributed by atoms with van der Waals surface area (Å²) >= 11 is 0. The van der Waals surface area contributed by atoms with Gasteiger partial charge in [0.2, 0.25) is 0 Å². The molecule has 0 unspecified atom stereocenters. The van der Waals surface area contributed by atoms with E-state index in [-0.39, 0.29) is 11.0 Å². The number of benzene rings is 2. The van der Waals surface area contributed by atoms with Crippen molar-refractivity contribution in [2.75, 3.05) is 5.73 Å². The maximum atomic E-state index is 11.4. The summed E-state index contributed by atoms with van der Waals surface area (Å²) in [4.78, 5) is 20.8. The van der Waals surface area contributed by atoms with Crippen molar-refractivity contribution < 1.29 is 14.6 Å². The molecule has 0 saturated heterocycles. The molecule has 6 rings (SSSR count). The number of aromatic nitrogens is 3. The number of nitrogens with one attached hydrogen (secondary N) is 1. The number of nitrogens with zero attached hydrogens (tertiary/aromatic N) is 3. The molecule has 4 N–H and O–H groups in total.